The van der Waals surface area contributed by atoms with E-state index in [0.29, 0.717) is 0 Å². The first-order valence-electron chi connectivity index (χ1n) is 7.03. The monoisotopic (exact) mass is 296 g/mol. The molecule has 6 heteroatoms. The number of rotatable bonds is 5. The zero-order chi connectivity index (χ0) is 14.5. The van der Waals surface area contributed by atoms with Gasteiger partial charge in [-0.1, -0.05) is 6.07 Å². The summed E-state index contributed by atoms with van der Waals surface area (Å²) in [5.74, 6) is 0.0553. The number of hydrogen-bond donors (Lipinski definition) is 1. The van der Waals surface area contributed by atoms with Crippen molar-refractivity contribution in [1.82, 2.24) is 14.7 Å². The van der Waals surface area contributed by atoms with Gasteiger partial charge in [0.25, 0.3) is 0 Å². The van der Waals surface area contributed by atoms with Gasteiger partial charge in [0.05, 0.1) is 0 Å². The molecule has 0 saturated carbocycles. The van der Waals surface area contributed by atoms with Crippen molar-refractivity contribution in [3.05, 3.63) is 22.4 Å². The molecule has 2 rings (SSSR count). The molecule has 0 bridgehead atoms. The molecular formula is C14H24N4OS. The predicted octanol–water partition coefficient (Wildman–Crippen LogP) is 0.454. The zero-order valence-corrected chi connectivity index (χ0v) is 13.1. The van der Waals surface area contributed by atoms with Crippen LogP contribution in [0.3, 0.4) is 0 Å². The van der Waals surface area contributed by atoms with Gasteiger partial charge >= 0.3 is 0 Å². The van der Waals surface area contributed by atoms with Gasteiger partial charge in [-0.05, 0) is 25.5 Å². The number of thiophene rings is 1. The normalized spacial score (nSPS) is 18.5. The first-order chi connectivity index (χ1) is 9.58. The van der Waals surface area contributed by atoms with E-state index >= 15 is 0 Å². The highest BCUT2D eigenvalue weighted by Gasteiger charge is 2.26. The third-order valence-electron chi connectivity index (χ3n) is 3.66. The fraction of sp³-hybridized carbons (Fsp3) is 0.643. The molecule has 20 heavy (non-hydrogen) atoms. The number of piperazine rings is 1. The summed E-state index contributed by atoms with van der Waals surface area (Å²) in [5, 5.41) is 1.96. The van der Waals surface area contributed by atoms with Crippen LogP contribution < -0.4 is 5.73 Å². The molecule has 1 atom stereocenters. The lowest BCUT2D eigenvalue weighted by atomic mass is 10.2. The maximum Gasteiger partial charge on any atom is 0.245 e. The maximum atomic E-state index is 12.4. The van der Waals surface area contributed by atoms with Crippen LogP contribution in [0.1, 0.15) is 10.9 Å². The van der Waals surface area contributed by atoms with Gasteiger partial charge < -0.3 is 15.5 Å². The topological polar surface area (TPSA) is 52.8 Å². The first-order valence-corrected chi connectivity index (χ1v) is 7.91. The Hall–Kier alpha value is -0.950. The summed E-state index contributed by atoms with van der Waals surface area (Å²) in [6.45, 7) is 5.57. The fourth-order valence-corrected chi connectivity index (χ4v) is 3.04. The molecule has 0 aliphatic carbocycles. The molecule has 0 radical (unpaired) electrons. The number of amides is 1. The van der Waals surface area contributed by atoms with E-state index in [9.17, 15) is 4.79 Å². The van der Waals surface area contributed by atoms with E-state index in [1.165, 1.54) is 0 Å². The smallest absolute Gasteiger partial charge is 0.245 e. The minimum absolute atomic E-state index is 0.0553. The van der Waals surface area contributed by atoms with Gasteiger partial charge in [0.15, 0.2) is 0 Å². The number of likely N-dealkylation sites (N-methyl/N-ethyl adjacent to an activating group) is 1. The van der Waals surface area contributed by atoms with Crippen molar-refractivity contribution < 1.29 is 4.79 Å². The second-order valence-corrected chi connectivity index (χ2v) is 6.44. The number of hydrogen-bond acceptors (Lipinski definition) is 5. The highest BCUT2D eigenvalue weighted by atomic mass is 32.1. The predicted molar refractivity (Wildman–Crippen MR) is 82.8 cm³/mol. The Morgan fingerprint density at radius 1 is 1.40 bits per heavy atom. The van der Waals surface area contributed by atoms with E-state index in [2.05, 4.69) is 23.9 Å². The summed E-state index contributed by atoms with van der Waals surface area (Å²) in [6.07, 6.45) is 0. The van der Waals surface area contributed by atoms with Gasteiger partial charge in [-0.15, -0.1) is 11.3 Å². The van der Waals surface area contributed by atoms with Crippen LogP contribution in [-0.4, -0.2) is 74.0 Å². The summed E-state index contributed by atoms with van der Waals surface area (Å²) in [7, 11) is 4.17. The molecule has 1 aromatic heterocycles. The molecule has 1 aliphatic rings. The van der Waals surface area contributed by atoms with Crippen LogP contribution in [0, 0.1) is 0 Å². The van der Waals surface area contributed by atoms with Crippen molar-refractivity contribution in [1.29, 1.82) is 0 Å². The summed E-state index contributed by atoms with van der Waals surface area (Å²) in [4.78, 5) is 19.8. The van der Waals surface area contributed by atoms with Crippen LogP contribution in [0.25, 0.3) is 0 Å². The molecule has 2 heterocycles. The molecular weight excluding hydrogens is 272 g/mol. The molecule has 1 saturated heterocycles. The second-order valence-electron chi connectivity index (χ2n) is 5.46. The number of carbonyl (C=O) groups is 1. The largest absolute Gasteiger partial charge is 0.338 e. The van der Waals surface area contributed by atoms with Crippen molar-refractivity contribution in [3.63, 3.8) is 0 Å². The lowest BCUT2D eigenvalue weighted by Gasteiger charge is -2.36. The van der Waals surface area contributed by atoms with Crippen molar-refractivity contribution in [2.75, 3.05) is 53.4 Å². The van der Waals surface area contributed by atoms with Crippen LogP contribution in [0.4, 0.5) is 0 Å². The van der Waals surface area contributed by atoms with Crippen LogP contribution in [-0.2, 0) is 4.79 Å². The van der Waals surface area contributed by atoms with Gasteiger partial charge in [-0.2, -0.15) is 0 Å². The highest BCUT2D eigenvalue weighted by Crippen LogP contribution is 2.19. The summed E-state index contributed by atoms with van der Waals surface area (Å²) in [6, 6.07) is 3.37. The highest BCUT2D eigenvalue weighted by molar-refractivity contribution is 7.10. The Labute approximate surface area is 124 Å². The van der Waals surface area contributed by atoms with Crippen molar-refractivity contribution in [3.8, 4) is 0 Å². The van der Waals surface area contributed by atoms with E-state index in [1.54, 1.807) is 11.3 Å². The third kappa shape index (κ3) is 4.02. The number of nitrogens with zero attached hydrogens (tertiary/aromatic N) is 3. The van der Waals surface area contributed by atoms with Gasteiger partial charge in [-0.3, -0.25) is 9.69 Å². The summed E-state index contributed by atoms with van der Waals surface area (Å²) < 4.78 is 0. The van der Waals surface area contributed by atoms with Gasteiger partial charge in [0.1, 0.15) is 6.04 Å². The first kappa shape index (κ1) is 15.4. The van der Waals surface area contributed by atoms with E-state index in [4.69, 9.17) is 5.73 Å². The lowest BCUT2D eigenvalue weighted by molar-refractivity contribution is -0.134. The lowest BCUT2D eigenvalue weighted by Crippen LogP contribution is -2.51. The molecule has 112 valence electrons. The number of nitrogens with two attached hydrogens (primary N) is 1. The Morgan fingerprint density at radius 2 is 2.10 bits per heavy atom. The van der Waals surface area contributed by atoms with Gasteiger partial charge in [0, 0.05) is 44.1 Å². The Bertz CT molecular complexity index is 413. The van der Waals surface area contributed by atoms with Crippen LogP contribution in [0.5, 0.6) is 0 Å². The van der Waals surface area contributed by atoms with Crippen LogP contribution >= 0.6 is 11.3 Å². The summed E-state index contributed by atoms with van der Waals surface area (Å²) >= 11 is 1.55. The maximum absolute atomic E-state index is 12.4. The fourth-order valence-electron chi connectivity index (χ4n) is 2.32. The molecule has 2 N–H and O–H groups in total. The van der Waals surface area contributed by atoms with Crippen LogP contribution in [0.2, 0.25) is 0 Å². The van der Waals surface area contributed by atoms with Gasteiger partial charge in [0.2, 0.25) is 5.91 Å². The van der Waals surface area contributed by atoms with Crippen molar-refractivity contribution in [2.24, 2.45) is 5.73 Å². The minimum Gasteiger partial charge on any atom is -0.338 e. The zero-order valence-electron chi connectivity index (χ0n) is 12.3. The van der Waals surface area contributed by atoms with E-state index < -0.39 is 6.04 Å². The van der Waals surface area contributed by atoms with Crippen LogP contribution in [0.15, 0.2) is 17.5 Å². The molecule has 1 fully saturated rings. The standard InChI is InChI=1S/C14H24N4OS/c1-16(2)5-6-17-7-9-18(10-8-17)14(19)13(15)12-4-3-11-20-12/h3-4,11,13H,5-10,15H2,1-2H3. The molecule has 1 aliphatic heterocycles. The molecule has 0 aromatic carbocycles. The second kappa shape index (κ2) is 7.17. The summed E-state index contributed by atoms with van der Waals surface area (Å²) in [5.41, 5.74) is 6.05. The van der Waals surface area contributed by atoms with Crippen molar-refractivity contribution in [2.45, 2.75) is 6.04 Å². The SMILES string of the molecule is CN(C)CCN1CCN(C(=O)C(N)c2cccs2)CC1. The molecule has 1 amide bonds. The Kier molecular flexibility index (Phi) is 5.54. The Morgan fingerprint density at radius 3 is 2.65 bits per heavy atom. The molecule has 1 aromatic rings. The quantitative estimate of drug-likeness (QED) is 0.857. The van der Waals surface area contributed by atoms with E-state index in [0.717, 1.165) is 44.1 Å². The Balaban J connectivity index is 1.80. The van der Waals surface area contributed by atoms with Gasteiger partial charge in [-0.25, -0.2) is 0 Å². The number of carbonyl (C=O) groups excluding carboxylic acids is 1. The van der Waals surface area contributed by atoms with E-state index in [1.807, 2.05) is 22.4 Å². The average Bonchev–Trinajstić information content (AvgIpc) is 2.98. The van der Waals surface area contributed by atoms with E-state index in [-0.39, 0.29) is 5.91 Å². The molecule has 5 nitrogen and oxygen atoms in total. The average molecular weight is 296 g/mol. The molecule has 1 unspecified atom stereocenters. The van der Waals surface area contributed by atoms with Crippen molar-refractivity contribution >= 4 is 17.2 Å². The minimum atomic E-state index is -0.497. The third-order valence-corrected chi connectivity index (χ3v) is 4.62. The molecule has 0 spiro atoms.